The average Bonchev–Trinajstić information content (AvgIpc) is 1.68. The van der Waals surface area contributed by atoms with Crippen LogP contribution in [-0.2, 0) is 0 Å². The first kappa shape index (κ1) is 9.02. The summed E-state index contributed by atoms with van der Waals surface area (Å²) in [5.74, 6) is 1.64. The molecule has 0 bridgehead atoms. The van der Waals surface area contributed by atoms with Crippen LogP contribution in [0.5, 0.6) is 0 Å². The molecule has 0 aliphatic rings. The summed E-state index contributed by atoms with van der Waals surface area (Å²) >= 11 is 7.93. The van der Waals surface area contributed by atoms with Gasteiger partial charge in [-0.25, -0.2) is 0 Å². The molecule has 0 heterocycles. The van der Waals surface area contributed by atoms with E-state index in [1.165, 1.54) is 17.3 Å². The zero-order chi connectivity index (χ0) is 6.41. The molecular formula is C6H12ClI. The van der Waals surface area contributed by atoms with Crippen LogP contribution >= 0.6 is 34.2 Å². The molecule has 0 nitrogen and oxygen atoms in total. The highest BCUT2D eigenvalue weighted by atomic mass is 127. The molecule has 0 N–H and O–H groups in total. The van der Waals surface area contributed by atoms with Crippen molar-refractivity contribution in [3.8, 4) is 0 Å². The fourth-order valence-corrected chi connectivity index (χ4v) is 1.95. The van der Waals surface area contributed by atoms with Gasteiger partial charge in [-0.05, 0) is 23.2 Å². The fraction of sp³-hybridized carbons (Fsp3) is 1.00. The molecule has 0 radical (unpaired) electrons. The lowest BCUT2D eigenvalue weighted by Crippen LogP contribution is -1.94. The summed E-state index contributed by atoms with van der Waals surface area (Å²) in [6, 6.07) is 0. The summed E-state index contributed by atoms with van der Waals surface area (Å²) in [4.78, 5) is 0. The second kappa shape index (κ2) is 6.14. The molecule has 0 amide bonds. The Hall–Kier alpha value is 1.02. The quantitative estimate of drug-likeness (QED) is 0.528. The van der Waals surface area contributed by atoms with E-state index >= 15 is 0 Å². The van der Waals surface area contributed by atoms with Crippen molar-refractivity contribution in [2.24, 2.45) is 5.92 Å². The predicted octanol–water partition coefficient (Wildman–Crippen LogP) is 3.08. The lowest BCUT2D eigenvalue weighted by Gasteiger charge is -2.04. The van der Waals surface area contributed by atoms with Crippen molar-refractivity contribution < 1.29 is 0 Å². The lowest BCUT2D eigenvalue weighted by atomic mass is 10.1. The van der Waals surface area contributed by atoms with Crippen molar-refractivity contribution in [1.29, 1.82) is 0 Å². The molecule has 0 saturated carbocycles. The number of hydrogen-bond acceptors (Lipinski definition) is 0. The normalized spacial score (nSPS) is 13.9. The Bertz CT molecular complexity index is 41.8. The fourth-order valence-electron chi connectivity index (χ4n) is 0.517. The molecule has 1 atom stereocenters. The van der Waals surface area contributed by atoms with Gasteiger partial charge >= 0.3 is 0 Å². The Labute approximate surface area is 70.1 Å². The van der Waals surface area contributed by atoms with Gasteiger partial charge in [-0.15, -0.1) is 11.6 Å². The standard InChI is InChI=1S/C6H12ClI/c1-6(2-4-7)3-5-8/h6H,2-5H2,1H3. The number of hydrogen-bond donors (Lipinski definition) is 0. The minimum Gasteiger partial charge on any atom is -0.127 e. The molecule has 2 heteroatoms. The maximum atomic E-state index is 5.53. The third kappa shape index (κ3) is 5.16. The molecule has 0 spiro atoms. The van der Waals surface area contributed by atoms with E-state index in [9.17, 15) is 0 Å². The Kier molecular flexibility index (Phi) is 6.93. The molecule has 50 valence electrons. The minimum absolute atomic E-state index is 0.817. The number of alkyl halides is 2. The molecule has 0 aromatic carbocycles. The lowest BCUT2D eigenvalue weighted by molar-refractivity contribution is 0.555. The molecule has 0 aliphatic carbocycles. The smallest absolute Gasteiger partial charge is 0.0225 e. The molecule has 0 aromatic rings. The van der Waals surface area contributed by atoms with Crippen molar-refractivity contribution in [2.75, 3.05) is 10.3 Å². The SMILES string of the molecule is CC(CCCl)CCI. The largest absolute Gasteiger partial charge is 0.127 e. The Morgan fingerprint density at radius 1 is 1.50 bits per heavy atom. The third-order valence-electron chi connectivity index (χ3n) is 1.20. The van der Waals surface area contributed by atoms with E-state index in [0.29, 0.717) is 0 Å². The van der Waals surface area contributed by atoms with E-state index in [2.05, 4.69) is 29.5 Å². The molecule has 0 aliphatic heterocycles. The molecular weight excluding hydrogens is 234 g/mol. The maximum absolute atomic E-state index is 5.53. The van der Waals surface area contributed by atoms with Crippen LogP contribution < -0.4 is 0 Å². The van der Waals surface area contributed by atoms with Crippen LogP contribution in [0.4, 0.5) is 0 Å². The second-order valence-electron chi connectivity index (χ2n) is 2.06. The van der Waals surface area contributed by atoms with Gasteiger partial charge in [-0.3, -0.25) is 0 Å². The summed E-state index contributed by atoms with van der Waals surface area (Å²) in [5, 5.41) is 0. The molecule has 0 rings (SSSR count). The molecule has 1 unspecified atom stereocenters. The summed E-state index contributed by atoms with van der Waals surface area (Å²) in [7, 11) is 0. The van der Waals surface area contributed by atoms with Crippen LogP contribution in [0, 0.1) is 5.92 Å². The topological polar surface area (TPSA) is 0 Å². The van der Waals surface area contributed by atoms with Gasteiger partial charge in [0.1, 0.15) is 0 Å². The van der Waals surface area contributed by atoms with E-state index in [0.717, 1.165) is 11.8 Å². The minimum atomic E-state index is 0.817. The van der Waals surface area contributed by atoms with E-state index in [4.69, 9.17) is 11.6 Å². The molecule has 8 heavy (non-hydrogen) atoms. The van der Waals surface area contributed by atoms with Gasteiger partial charge in [0, 0.05) is 5.88 Å². The second-order valence-corrected chi connectivity index (χ2v) is 3.52. The van der Waals surface area contributed by atoms with Crippen molar-refractivity contribution in [3.63, 3.8) is 0 Å². The van der Waals surface area contributed by atoms with Crippen LogP contribution in [0.25, 0.3) is 0 Å². The summed E-state index contributed by atoms with van der Waals surface area (Å²) in [6.45, 7) is 2.25. The number of rotatable bonds is 4. The monoisotopic (exact) mass is 246 g/mol. The van der Waals surface area contributed by atoms with Crippen molar-refractivity contribution in [3.05, 3.63) is 0 Å². The highest BCUT2D eigenvalue weighted by molar-refractivity contribution is 14.1. The highest BCUT2D eigenvalue weighted by Gasteiger charge is 1.97. The first-order valence-electron chi connectivity index (χ1n) is 2.93. The highest BCUT2D eigenvalue weighted by Crippen LogP contribution is 2.09. The van der Waals surface area contributed by atoms with Crippen LogP contribution in [0.2, 0.25) is 0 Å². The van der Waals surface area contributed by atoms with Crippen LogP contribution in [0.15, 0.2) is 0 Å². The first-order valence-corrected chi connectivity index (χ1v) is 4.99. The third-order valence-corrected chi connectivity index (χ3v) is 2.04. The molecule has 0 fully saturated rings. The van der Waals surface area contributed by atoms with Crippen molar-refractivity contribution >= 4 is 34.2 Å². The van der Waals surface area contributed by atoms with Crippen LogP contribution in [-0.4, -0.2) is 10.3 Å². The van der Waals surface area contributed by atoms with Gasteiger partial charge < -0.3 is 0 Å². The van der Waals surface area contributed by atoms with E-state index in [1.54, 1.807) is 0 Å². The van der Waals surface area contributed by atoms with Crippen molar-refractivity contribution in [1.82, 2.24) is 0 Å². The summed E-state index contributed by atoms with van der Waals surface area (Å²) in [5.41, 5.74) is 0. The van der Waals surface area contributed by atoms with Crippen molar-refractivity contribution in [2.45, 2.75) is 19.8 Å². The average molecular weight is 247 g/mol. The maximum Gasteiger partial charge on any atom is 0.0225 e. The van der Waals surface area contributed by atoms with Gasteiger partial charge in [0.25, 0.3) is 0 Å². The van der Waals surface area contributed by atoms with Crippen LogP contribution in [0.3, 0.4) is 0 Å². The van der Waals surface area contributed by atoms with Crippen LogP contribution in [0.1, 0.15) is 19.8 Å². The predicted molar refractivity (Wildman–Crippen MR) is 48.0 cm³/mol. The number of halogens is 2. The zero-order valence-electron chi connectivity index (χ0n) is 5.16. The van der Waals surface area contributed by atoms with Gasteiger partial charge in [0.2, 0.25) is 0 Å². The zero-order valence-corrected chi connectivity index (χ0v) is 8.08. The van der Waals surface area contributed by atoms with Gasteiger partial charge in [-0.2, -0.15) is 0 Å². The van der Waals surface area contributed by atoms with E-state index in [-0.39, 0.29) is 0 Å². The summed E-state index contributed by atoms with van der Waals surface area (Å²) < 4.78 is 1.26. The first-order chi connectivity index (χ1) is 3.81. The van der Waals surface area contributed by atoms with E-state index in [1.807, 2.05) is 0 Å². The Morgan fingerprint density at radius 3 is 2.50 bits per heavy atom. The van der Waals surface area contributed by atoms with E-state index < -0.39 is 0 Å². The summed E-state index contributed by atoms with van der Waals surface area (Å²) in [6.07, 6.45) is 2.48. The Morgan fingerprint density at radius 2 is 2.12 bits per heavy atom. The molecule has 0 aromatic heterocycles. The van der Waals surface area contributed by atoms with Gasteiger partial charge in [0.15, 0.2) is 0 Å². The molecule has 0 saturated heterocycles. The Balaban J connectivity index is 2.92. The van der Waals surface area contributed by atoms with Gasteiger partial charge in [-0.1, -0.05) is 29.5 Å². The van der Waals surface area contributed by atoms with Gasteiger partial charge in [0.05, 0.1) is 0 Å².